The predicted octanol–water partition coefficient (Wildman–Crippen LogP) is 12.6. The molecule has 7 aromatic carbocycles. The monoisotopic (exact) mass is 655 g/mol. The molecule has 50 heavy (non-hydrogen) atoms. The van der Waals surface area contributed by atoms with Gasteiger partial charge in [-0.05, 0) is 46.5 Å². The van der Waals surface area contributed by atoms with E-state index in [-0.39, 0.29) is 0 Å². The maximum absolute atomic E-state index is 5.21. The molecule has 0 fully saturated rings. The van der Waals surface area contributed by atoms with Gasteiger partial charge in [0.2, 0.25) is 5.95 Å². The SMILES string of the molecule is c1ccc(-c2cc(-c3ccccc3)nc(-n3c4ccccc4c4ccc(-c5ccc(-c6cccc7c6sc6ccccc67)cc5)cc43)n2)cc1. The van der Waals surface area contributed by atoms with Crippen molar-refractivity contribution in [3.05, 3.63) is 176 Å². The van der Waals surface area contributed by atoms with E-state index in [1.54, 1.807) is 0 Å². The first-order chi connectivity index (χ1) is 24.8. The van der Waals surface area contributed by atoms with Gasteiger partial charge in [0, 0.05) is 42.1 Å². The topological polar surface area (TPSA) is 30.7 Å². The van der Waals surface area contributed by atoms with Crippen LogP contribution in [0.3, 0.4) is 0 Å². The first-order valence-corrected chi connectivity index (χ1v) is 17.6. The lowest BCUT2D eigenvalue weighted by Gasteiger charge is -2.12. The van der Waals surface area contributed by atoms with E-state index in [4.69, 9.17) is 9.97 Å². The molecule has 3 nitrogen and oxygen atoms in total. The third kappa shape index (κ3) is 4.73. The van der Waals surface area contributed by atoms with Gasteiger partial charge in [0.15, 0.2) is 0 Å². The van der Waals surface area contributed by atoms with Gasteiger partial charge < -0.3 is 0 Å². The Morgan fingerprint density at radius 2 is 0.960 bits per heavy atom. The third-order valence-corrected chi connectivity index (χ3v) is 10.9. The minimum Gasteiger partial charge on any atom is -0.278 e. The summed E-state index contributed by atoms with van der Waals surface area (Å²) in [7, 11) is 0. The van der Waals surface area contributed by atoms with Crippen LogP contribution in [0, 0.1) is 0 Å². The summed E-state index contributed by atoms with van der Waals surface area (Å²) >= 11 is 1.87. The first-order valence-electron chi connectivity index (χ1n) is 16.8. The Kier molecular flexibility index (Phi) is 6.68. The highest BCUT2D eigenvalue weighted by atomic mass is 32.1. The van der Waals surface area contributed by atoms with Crippen LogP contribution < -0.4 is 0 Å². The predicted molar refractivity (Wildman–Crippen MR) is 211 cm³/mol. The van der Waals surface area contributed by atoms with Crippen molar-refractivity contribution in [3.63, 3.8) is 0 Å². The van der Waals surface area contributed by atoms with Crippen LogP contribution in [0.15, 0.2) is 176 Å². The Labute approximate surface area is 293 Å². The summed E-state index contributed by atoms with van der Waals surface area (Å²) in [5.41, 5.74) is 10.9. The molecule has 0 bridgehead atoms. The lowest BCUT2D eigenvalue weighted by molar-refractivity contribution is 0.996. The van der Waals surface area contributed by atoms with Gasteiger partial charge in [0.05, 0.1) is 22.4 Å². The van der Waals surface area contributed by atoms with Gasteiger partial charge in [-0.1, -0.05) is 152 Å². The highest BCUT2D eigenvalue weighted by Crippen LogP contribution is 2.41. The smallest absolute Gasteiger partial charge is 0.235 e. The zero-order valence-electron chi connectivity index (χ0n) is 27.0. The van der Waals surface area contributed by atoms with Gasteiger partial charge in [0.1, 0.15) is 0 Å². The van der Waals surface area contributed by atoms with Crippen molar-refractivity contribution < 1.29 is 0 Å². The van der Waals surface area contributed by atoms with Crippen LogP contribution in [0.1, 0.15) is 0 Å². The van der Waals surface area contributed by atoms with Crippen LogP contribution in [0.4, 0.5) is 0 Å². The van der Waals surface area contributed by atoms with Gasteiger partial charge in [-0.2, -0.15) is 0 Å². The number of benzene rings is 7. The van der Waals surface area contributed by atoms with Crippen LogP contribution in [0.5, 0.6) is 0 Å². The molecule has 0 unspecified atom stereocenters. The summed E-state index contributed by atoms with van der Waals surface area (Å²) in [5, 5.41) is 4.99. The van der Waals surface area contributed by atoms with E-state index in [2.05, 4.69) is 168 Å². The van der Waals surface area contributed by atoms with E-state index < -0.39 is 0 Å². The highest BCUT2D eigenvalue weighted by Gasteiger charge is 2.18. The molecule has 0 atom stereocenters. The lowest BCUT2D eigenvalue weighted by atomic mass is 9.98. The minimum atomic E-state index is 0.653. The highest BCUT2D eigenvalue weighted by molar-refractivity contribution is 7.26. The molecule has 234 valence electrons. The van der Waals surface area contributed by atoms with E-state index >= 15 is 0 Å². The quantitative estimate of drug-likeness (QED) is 0.185. The summed E-state index contributed by atoms with van der Waals surface area (Å²) in [5.74, 6) is 0.653. The van der Waals surface area contributed by atoms with Gasteiger partial charge >= 0.3 is 0 Å². The molecule has 0 saturated heterocycles. The van der Waals surface area contributed by atoms with Crippen molar-refractivity contribution in [3.8, 4) is 50.7 Å². The second kappa shape index (κ2) is 11.7. The maximum Gasteiger partial charge on any atom is 0.235 e. The summed E-state index contributed by atoms with van der Waals surface area (Å²) < 4.78 is 4.88. The molecule has 3 aromatic heterocycles. The summed E-state index contributed by atoms with van der Waals surface area (Å²) in [4.78, 5) is 10.4. The molecule has 3 heterocycles. The summed E-state index contributed by atoms with van der Waals surface area (Å²) in [6.45, 7) is 0. The fraction of sp³-hybridized carbons (Fsp3) is 0. The van der Waals surface area contributed by atoms with Crippen LogP contribution in [0.2, 0.25) is 0 Å². The maximum atomic E-state index is 5.21. The molecule has 0 saturated carbocycles. The van der Waals surface area contributed by atoms with Crippen molar-refractivity contribution in [1.29, 1.82) is 0 Å². The van der Waals surface area contributed by atoms with Crippen molar-refractivity contribution >= 4 is 53.3 Å². The molecule has 4 heteroatoms. The first kappa shape index (κ1) is 28.6. The van der Waals surface area contributed by atoms with Gasteiger partial charge in [-0.15, -0.1) is 11.3 Å². The van der Waals surface area contributed by atoms with Crippen molar-refractivity contribution in [2.75, 3.05) is 0 Å². The molecule has 0 aliphatic heterocycles. The van der Waals surface area contributed by atoms with Gasteiger partial charge in [-0.25, -0.2) is 9.97 Å². The van der Waals surface area contributed by atoms with Crippen molar-refractivity contribution in [1.82, 2.24) is 14.5 Å². The fourth-order valence-electron chi connectivity index (χ4n) is 7.23. The third-order valence-electron chi connectivity index (χ3n) is 9.66. The number of nitrogens with zero attached hydrogens (tertiary/aromatic N) is 3. The second-order valence-corrected chi connectivity index (χ2v) is 13.7. The zero-order valence-corrected chi connectivity index (χ0v) is 27.8. The molecule has 0 radical (unpaired) electrons. The molecule has 0 amide bonds. The number of fused-ring (bicyclic) bond motifs is 6. The van der Waals surface area contributed by atoms with Crippen LogP contribution in [-0.2, 0) is 0 Å². The number of hydrogen-bond acceptors (Lipinski definition) is 3. The number of thiophene rings is 1. The Bertz CT molecular complexity index is 2790. The Morgan fingerprint density at radius 3 is 1.70 bits per heavy atom. The average molecular weight is 656 g/mol. The van der Waals surface area contributed by atoms with E-state index in [9.17, 15) is 0 Å². The molecule has 0 spiro atoms. The fourth-order valence-corrected chi connectivity index (χ4v) is 8.47. The van der Waals surface area contributed by atoms with Crippen LogP contribution in [-0.4, -0.2) is 14.5 Å². The van der Waals surface area contributed by atoms with E-state index in [0.717, 1.165) is 39.1 Å². The van der Waals surface area contributed by atoms with Crippen LogP contribution in [0.25, 0.3) is 92.7 Å². The normalized spacial score (nSPS) is 11.6. The van der Waals surface area contributed by atoms with Crippen molar-refractivity contribution in [2.24, 2.45) is 0 Å². The van der Waals surface area contributed by atoms with Gasteiger partial charge in [0.25, 0.3) is 0 Å². The second-order valence-electron chi connectivity index (χ2n) is 12.6. The molecule has 0 N–H and O–H groups in total. The van der Waals surface area contributed by atoms with E-state index in [1.165, 1.54) is 47.6 Å². The zero-order chi connectivity index (χ0) is 33.0. The molecule has 0 aliphatic carbocycles. The van der Waals surface area contributed by atoms with Crippen molar-refractivity contribution in [2.45, 2.75) is 0 Å². The Balaban J connectivity index is 1.13. The standard InChI is InChI=1S/C46H29N3S/c1-3-12-32(13-4-1)40-29-41(33-14-5-2-6-15-33)48-46(47-40)49-42-20-9-7-16-36(42)37-27-26-34(28-43(37)49)30-22-24-31(25-23-30)35-18-11-19-39-38-17-8-10-21-44(38)50-45(35)39/h1-29H. The summed E-state index contributed by atoms with van der Waals surface area (Å²) in [6.07, 6.45) is 0. The molecular weight excluding hydrogens is 627 g/mol. The van der Waals surface area contributed by atoms with E-state index in [1.807, 2.05) is 23.5 Å². The minimum absolute atomic E-state index is 0.653. The number of rotatable bonds is 5. The molecule has 0 aliphatic rings. The summed E-state index contributed by atoms with van der Waals surface area (Å²) in [6, 6.07) is 62.5. The van der Waals surface area contributed by atoms with E-state index in [0.29, 0.717) is 5.95 Å². The largest absolute Gasteiger partial charge is 0.278 e. The Hall–Kier alpha value is -6.36. The number of aromatic nitrogens is 3. The number of para-hydroxylation sites is 1. The Morgan fingerprint density at radius 1 is 0.380 bits per heavy atom. The average Bonchev–Trinajstić information content (AvgIpc) is 3.74. The lowest BCUT2D eigenvalue weighted by Crippen LogP contribution is -2.04. The van der Waals surface area contributed by atoms with Crippen LogP contribution >= 0.6 is 11.3 Å². The molecule has 10 rings (SSSR count). The molecule has 10 aromatic rings. The number of hydrogen-bond donors (Lipinski definition) is 0. The van der Waals surface area contributed by atoms with Gasteiger partial charge in [-0.3, -0.25) is 4.57 Å². The molecular formula is C46H29N3S.